The van der Waals surface area contributed by atoms with Crippen LogP contribution in [0.25, 0.3) is 0 Å². The van der Waals surface area contributed by atoms with E-state index >= 15 is 0 Å². The Bertz CT molecular complexity index is 1010. The fourth-order valence-electron chi connectivity index (χ4n) is 5.44. The van der Waals surface area contributed by atoms with Crippen molar-refractivity contribution < 1.29 is 9.90 Å². The molecule has 3 atom stereocenters. The topological polar surface area (TPSA) is 69.6 Å². The maximum Gasteiger partial charge on any atom is 0.246 e. The minimum Gasteiger partial charge on any atom is -0.508 e. The number of carbonyl (C=O) groups excluding carboxylic acids is 1. The molecule has 0 radical (unpaired) electrons. The molecule has 1 aromatic heterocycles. The maximum absolute atomic E-state index is 11.9. The quantitative estimate of drug-likeness (QED) is 0.767. The Balaban J connectivity index is 1.34. The number of aliphatic hydroxyl groups excluding tert-OH is 1. The Morgan fingerprint density at radius 3 is 2.84 bits per heavy atom. The summed E-state index contributed by atoms with van der Waals surface area (Å²) in [6.07, 6.45) is 18.4. The Morgan fingerprint density at radius 2 is 2.03 bits per heavy atom. The van der Waals surface area contributed by atoms with Gasteiger partial charge in [-0.1, -0.05) is 30.9 Å². The highest BCUT2D eigenvalue weighted by Crippen LogP contribution is 2.42. The van der Waals surface area contributed by atoms with Gasteiger partial charge in [0.15, 0.2) is 0 Å². The van der Waals surface area contributed by atoms with Crippen LogP contribution < -0.4 is 4.90 Å². The first kappa shape index (κ1) is 19.8. The molecule has 0 spiro atoms. The lowest BCUT2D eigenvalue weighted by atomic mass is 9.68. The number of fused-ring (bicyclic) bond motifs is 2. The maximum atomic E-state index is 11.9. The molecule has 2 unspecified atom stereocenters. The highest BCUT2D eigenvalue weighted by molar-refractivity contribution is 5.87. The van der Waals surface area contributed by atoms with Gasteiger partial charge in [-0.2, -0.15) is 0 Å². The van der Waals surface area contributed by atoms with Crippen molar-refractivity contribution in [3.05, 3.63) is 78.0 Å². The molecule has 6 heteroatoms. The van der Waals surface area contributed by atoms with Crippen molar-refractivity contribution in [3.8, 4) is 0 Å². The van der Waals surface area contributed by atoms with E-state index in [4.69, 9.17) is 0 Å². The number of aliphatic hydroxyl groups is 1. The van der Waals surface area contributed by atoms with Gasteiger partial charge in [0.2, 0.25) is 5.91 Å². The summed E-state index contributed by atoms with van der Waals surface area (Å²) < 4.78 is 0. The molecule has 4 aliphatic rings. The third-order valence-electron chi connectivity index (χ3n) is 7.04. The molecule has 1 aromatic rings. The SMILES string of the molecule is C=CC(=O)N1CCN(c2ncnc3c2CC[C@H](C2C=C(O)C=C4C=CC=CC42)C3)CC1. The number of amides is 1. The van der Waals surface area contributed by atoms with Crippen molar-refractivity contribution in [1.29, 1.82) is 0 Å². The van der Waals surface area contributed by atoms with Crippen molar-refractivity contribution in [2.45, 2.75) is 19.3 Å². The molecule has 0 aromatic carbocycles. The minimum absolute atomic E-state index is 0.00368. The molecular weight excluding hydrogens is 388 g/mol. The lowest BCUT2D eigenvalue weighted by molar-refractivity contribution is -0.126. The molecule has 1 N–H and O–H groups in total. The summed E-state index contributed by atoms with van der Waals surface area (Å²) in [5.74, 6) is 2.43. The standard InChI is InChI=1S/C25H28N4O2/c1-2-24(31)28-9-11-29(12-10-28)25-21-8-7-18(14-23(21)26-16-27-25)22-15-19(30)13-17-5-3-4-6-20(17)22/h2-6,13,15-16,18,20,22,30H,1,7-12,14H2/t18-,20?,22?/m0/s1. The third-order valence-corrected chi connectivity index (χ3v) is 7.04. The number of hydrogen-bond acceptors (Lipinski definition) is 5. The van der Waals surface area contributed by atoms with Gasteiger partial charge in [0.05, 0.1) is 0 Å². The Labute approximate surface area is 183 Å². The summed E-state index contributed by atoms with van der Waals surface area (Å²) in [4.78, 5) is 25.3. The van der Waals surface area contributed by atoms with Gasteiger partial charge in [0.25, 0.3) is 0 Å². The van der Waals surface area contributed by atoms with Gasteiger partial charge >= 0.3 is 0 Å². The summed E-state index contributed by atoms with van der Waals surface area (Å²) in [5.41, 5.74) is 3.57. The zero-order valence-electron chi connectivity index (χ0n) is 17.7. The van der Waals surface area contributed by atoms with Crippen molar-refractivity contribution >= 4 is 11.7 Å². The van der Waals surface area contributed by atoms with E-state index in [0.29, 0.717) is 30.7 Å². The van der Waals surface area contributed by atoms with Gasteiger partial charge in [-0.05, 0) is 54.9 Å². The second-order valence-corrected chi connectivity index (χ2v) is 8.72. The van der Waals surface area contributed by atoms with Crippen LogP contribution in [0.3, 0.4) is 0 Å². The first-order valence-corrected chi connectivity index (χ1v) is 11.1. The first-order chi connectivity index (χ1) is 15.1. The molecule has 6 nitrogen and oxygen atoms in total. The molecule has 5 rings (SSSR count). The summed E-state index contributed by atoms with van der Waals surface area (Å²) in [7, 11) is 0. The van der Waals surface area contributed by atoms with Gasteiger partial charge in [-0.3, -0.25) is 4.79 Å². The third kappa shape index (κ3) is 3.71. The number of allylic oxidation sites excluding steroid dienone is 7. The van der Waals surface area contributed by atoms with E-state index in [2.05, 4.69) is 39.7 Å². The molecular formula is C25H28N4O2. The van der Waals surface area contributed by atoms with Crippen molar-refractivity contribution in [3.63, 3.8) is 0 Å². The van der Waals surface area contributed by atoms with E-state index < -0.39 is 0 Å². The van der Waals surface area contributed by atoms with Gasteiger partial charge in [0, 0.05) is 43.4 Å². The summed E-state index contributed by atoms with van der Waals surface area (Å²) in [6.45, 7) is 6.52. The molecule has 31 heavy (non-hydrogen) atoms. The number of nitrogens with zero attached hydrogens (tertiary/aromatic N) is 4. The van der Waals surface area contributed by atoms with E-state index in [1.54, 1.807) is 6.33 Å². The molecule has 1 amide bonds. The van der Waals surface area contributed by atoms with Crippen LogP contribution in [-0.2, 0) is 17.6 Å². The number of rotatable bonds is 3. The number of carbonyl (C=O) groups is 1. The van der Waals surface area contributed by atoms with Crippen LogP contribution in [0, 0.1) is 17.8 Å². The molecule has 3 aliphatic carbocycles. The van der Waals surface area contributed by atoms with Crippen molar-refractivity contribution in [2.75, 3.05) is 31.1 Å². The van der Waals surface area contributed by atoms with Crippen LogP contribution in [0.1, 0.15) is 17.7 Å². The van der Waals surface area contributed by atoms with Crippen LogP contribution in [0.15, 0.2) is 66.8 Å². The molecule has 0 saturated carbocycles. The second-order valence-electron chi connectivity index (χ2n) is 8.72. The van der Waals surface area contributed by atoms with Crippen LogP contribution in [0.2, 0.25) is 0 Å². The van der Waals surface area contributed by atoms with Gasteiger partial charge in [-0.25, -0.2) is 9.97 Å². The summed E-state index contributed by atoms with van der Waals surface area (Å²) >= 11 is 0. The summed E-state index contributed by atoms with van der Waals surface area (Å²) in [6, 6.07) is 0. The summed E-state index contributed by atoms with van der Waals surface area (Å²) in [5, 5.41) is 10.3. The first-order valence-electron chi connectivity index (χ1n) is 11.1. The average molecular weight is 417 g/mol. The molecule has 0 bridgehead atoms. The number of anilines is 1. The van der Waals surface area contributed by atoms with Crippen LogP contribution in [0.4, 0.5) is 5.82 Å². The average Bonchev–Trinajstić information content (AvgIpc) is 2.82. The predicted molar refractivity (Wildman–Crippen MR) is 121 cm³/mol. The lowest BCUT2D eigenvalue weighted by Crippen LogP contribution is -2.49. The Morgan fingerprint density at radius 1 is 1.19 bits per heavy atom. The monoisotopic (exact) mass is 416 g/mol. The number of hydrogen-bond donors (Lipinski definition) is 1. The van der Waals surface area contributed by atoms with Crippen LogP contribution in [0.5, 0.6) is 0 Å². The lowest BCUT2D eigenvalue weighted by Gasteiger charge is -2.39. The van der Waals surface area contributed by atoms with Gasteiger partial charge < -0.3 is 14.9 Å². The molecule has 160 valence electrons. The van der Waals surface area contributed by atoms with Crippen LogP contribution >= 0.6 is 0 Å². The zero-order valence-corrected chi connectivity index (χ0v) is 17.7. The predicted octanol–water partition coefficient (Wildman–Crippen LogP) is 3.16. The fourth-order valence-corrected chi connectivity index (χ4v) is 5.44. The zero-order chi connectivity index (χ0) is 21.4. The highest BCUT2D eigenvalue weighted by atomic mass is 16.3. The largest absolute Gasteiger partial charge is 0.508 e. The molecule has 2 heterocycles. The van der Waals surface area contributed by atoms with E-state index in [1.165, 1.54) is 17.2 Å². The smallest absolute Gasteiger partial charge is 0.246 e. The van der Waals surface area contributed by atoms with E-state index in [9.17, 15) is 9.90 Å². The Kier molecular flexibility index (Phi) is 5.22. The van der Waals surface area contributed by atoms with Crippen LogP contribution in [-0.4, -0.2) is 52.1 Å². The van der Waals surface area contributed by atoms with Gasteiger partial charge in [-0.15, -0.1) is 0 Å². The normalized spacial score (nSPS) is 27.2. The molecule has 1 fully saturated rings. The molecule has 1 aliphatic heterocycles. The highest BCUT2D eigenvalue weighted by Gasteiger charge is 2.35. The van der Waals surface area contributed by atoms with Crippen molar-refractivity contribution in [2.24, 2.45) is 17.8 Å². The molecule has 1 saturated heterocycles. The number of piperazine rings is 1. The second kappa shape index (κ2) is 8.17. The Hall–Kier alpha value is -3.15. The number of aromatic nitrogens is 2. The fraction of sp³-hybridized carbons (Fsp3) is 0.400. The van der Waals surface area contributed by atoms with E-state index in [-0.39, 0.29) is 11.8 Å². The van der Waals surface area contributed by atoms with E-state index in [1.807, 2.05) is 23.1 Å². The van der Waals surface area contributed by atoms with Gasteiger partial charge in [0.1, 0.15) is 17.9 Å². The minimum atomic E-state index is -0.00368. The van der Waals surface area contributed by atoms with E-state index in [0.717, 1.165) is 43.9 Å². The van der Waals surface area contributed by atoms with Crippen molar-refractivity contribution in [1.82, 2.24) is 14.9 Å².